The van der Waals surface area contributed by atoms with Crippen molar-refractivity contribution in [2.75, 3.05) is 32.6 Å². The number of nitrogens with zero attached hydrogens (tertiary/aromatic N) is 1. The third-order valence-corrected chi connectivity index (χ3v) is 5.21. The molecule has 0 saturated carbocycles. The first kappa shape index (κ1) is 21.8. The average molecular weight is 439 g/mol. The van der Waals surface area contributed by atoms with E-state index in [0.717, 1.165) is 25.3 Å². The van der Waals surface area contributed by atoms with Crippen LogP contribution in [-0.2, 0) is 0 Å². The van der Waals surface area contributed by atoms with E-state index in [0.29, 0.717) is 30.7 Å². The second kappa shape index (κ2) is 9.30. The van der Waals surface area contributed by atoms with Gasteiger partial charge in [-0.3, -0.25) is 9.59 Å². The Morgan fingerprint density at radius 2 is 1.53 bits per heavy atom. The Kier molecular flexibility index (Phi) is 6.77. The number of halogens is 3. The molecule has 0 aliphatic carbocycles. The van der Waals surface area contributed by atoms with E-state index in [-0.39, 0.29) is 27.7 Å². The number of benzene rings is 2. The van der Waals surface area contributed by atoms with Crippen LogP contribution in [0, 0.1) is 11.6 Å². The van der Waals surface area contributed by atoms with Gasteiger partial charge in [0.25, 0.3) is 11.8 Å². The Morgan fingerprint density at radius 1 is 0.933 bits per heavy atom. The van der Waals surface area contributed by atoms with E-state index in [2.05, 4.69) is 5.32 Å². The van der Waals surface area contributed by atoms with Gasteiger partial charge in [-0.05, 0) is 37.5 Å². The molecule has 2 aromatic rings. The van der Waals surface area contributed by atoms with Gasteiger partial charge in [0.05, 0.1) is 36.1 Å². The van der Waals surface area contributed by atoms with Crippen molar-refractivity contribution in [2.45, 2.75) is 19.3 Å². The van der Waals surface area contributed by atoms with Crippen LogP contribution in [0.5, 0.6) is 11.5 Å². The molecule has 0 atom stereocenters. The van der Waals surface area contributed by atoms with Crippen LogP contribution in [0.25, 0.3) is 0 Å². The van der Waals surface area contributed by atoms with Gasteiger partial charge in [-0.2, -0.15) is 0 Å². The van der Waals surface area contributed by atoms with Crippen LogP contribution in [0.3, 0.4) is 0 Å². The first-order valence-electron chi connectivity index (χ1n) is 9.37. The monoisotopic (exact) mass is 438 g/mol. The zero-order chi connectivity index (χ0) is 21.8. The van der Waals surface area contributed by atoms with E-state index in [1.54, 1.807) is 4.90 Å². The minimum absolute atomic E-state index is 0.147. The molecule has 1 aliphatic heterocycles. The van der Waals surface area contributed by atoms with Crippen LogP contribution in [-0.4, -0.2) is 44.0 Å². The smallest absolute Gasteiger partial charge is 0.257 e. The highest BCUT2D eigenvalue weighted by Crippen LogP contribution is 2.35. The maximum Gasteiger partial charge on any atom is 0.257 e. The zero-order valence-corrected chi connectivity index (χ0v) is 17.3. The van der Waals surface area contributed by atoms with E-state index < -0.39 is 17.5 Å². The van der Waals surface area contributed by atoms with Crippen LogP contribution >= 0.6 is 11.6 Å². The fourth-order valence-corrected chi connectivity index (χ4v) is 3.55. The largest absolute Gasteiger partial charge is 0.493 e. The topological polar surface area (TPSA) is 67.9 Å². The molecule has 1 aliphatic rings. The van der Waals surface area contributed by atoms with Crippen molar-refractivity contribution >= 4 is 29.1 Å². The highest BCUT2D eigenvalue weighted by atomic mass is 35.5. The number of carbonyl (C=O) groups is 2. The van der Waals surface area contributed by atoms with Gasteiger partial charge in [0, 0.05) is 19.2 Å². The molecule has 0 unspecified atom stereocenters. The SMILES string of the molecule is COc1cc(NC(=O)c2cc(F)c(F)cc2Cl)c(C(=O)N2CCCCC2)cc1OC. The van der Waals surface area contributed by atoms with Gasteiger partial charge < -0.3 is 19.7 Å². The summed E-state index contributed by atoms with van der Waals surface area (Å²) in [6.07, 6.45) is 2.84. The number of amides is 2. The predicted molar refractivity (Wildman–Crippen MR) is 109 cm³/mol. The minimum atomic E-state index is -1.21. The molecule has 1 heterocycles. The van der Waals surface area contributed by atoms with Crippen LogP contribution in [0.2, 0.25) is 5.02 Å². The number of methoxy groups -OCH3 is 2. The molecular weight excluding hydrogens is 418 g/mol. The minimum Gasteiger partial charge on any atom is -0.493 e. The van der Waals surface area contributed by atoms with Crippen molar-refractivity contribution < 1.29 is 27.8 Å². The number of hydrogen-bond donors (Lipinski definition) is 1. The average Bonchev–Trinajstić information content (AvgIpc) is 2.75. The van der Waals surface area contributed by atoms with Gasteiger partial charge in [0.15, 0.2) is 23.1 Å². The summed E-state index contributed by atoms with van der Waals surface area (Å²) in [5.74, 6) is -2.83. The molecule has 1 N–H and O–H groups in total. The molecule has 0 spiro atoms. The zero-order valence-electron chi connectivity index (χ0n) is 16.6. The Morgan fingerprint density at radius 3 is 2.17 bits per heavy atom. The molecule has 2 aromatic carbocycles. The molecule has 1 saturated heterocycles. The van der Waals surface area contributed by atoms with Crippen LogP contribution in [0.1, 0.15) is 40.0 Å². The molecule has 0 bridgehead atoms. The van der Waals surface area contributed by atoms with Crippen molar-refractivity contribution in [2.24, 2.45) is 0 Å². The van der Waals surface area contributed by atoms with Gasteiger partial charge in [-0.1, -0.05) is 11.6 Å². The molecule has 6 nitrogen and oxygen atoms in total. The molecule has 0 radical (unpaired) electrons. The van der Waals surface area contributed by atoms with Gasteiger partial charge in [-0.15, -0.1) is 0 Å². The summed E-state index contributed by atoms with van der Waals surface area (Å²) in [6, 6.07) is 4.36. The van der Waals surface area contributed by atoms with E-state index in [1.807, 2.05) is 0 Å². The number of hydrogen-bond acceptors (Lipinski definition) is 4. The lowest BCUT2D eigenvalue weighted by molar-refractivity contribution is 0.0725. The number of carbonyl (C=O) groups excluding carboxylic acids is 2. The number of anilines is 1. The molecule has 160 valence electrons. The summed E-state index contributed by atoms with van der Waals surface area (Å²) in [4.78, 5) is 27.5. The first-order chi connectivity index (χ1) is 14.3. The summed E-state index contributed by atoms with van der Waals surface area (Å²) in [6.45, 7) is 1.21. The summed E-state index contributed by atoms with van der Waals surface area (Å²) >= 11 is 5.91. The molecule has 0 aromatic heterocycles. The summed E-state index contributed by atoms with van der Waals surface area (Å²) in [7, 11) is 2.86. The maximum atomic E-state index is 13.6. The third-order valence-electron chi connectivity index (χ3n) is 4.90. The number of ether oxygens (including phenoxy) is 2. The molecule has 3 rings (SSSR count). The molecule has 2 amide bonds. The van der Waals surface area contributed by atoms with Gasteiger partial charge >= 0.3 is 0 Å². The number of likely N-dealkylation sites (tertiary alicyclic amines) is 1. The molecule has 30 heavy (non-hydrogen) atoms. The van der Waals surface area contributed by atoms with Crippen LogP contribution in [0.4, 0.5) is 14.5 Å². The first-order valence-corrected chi connectivity index (χ1v) is 9.74. The Hall–Kier alpha value is -2.87. The molecule has 1 fully saturated rings. The Balaban J connectivity index is 2.00. The number of nitrogens with one attached hydrogen (secondary N) is 1. The Bertz CT molecular complexity index is 978. The van der Waals surface area contributed by atoms with Crippen molar-refractivity contribution in [3.63, 3.8) is 0 Å². The van der Waals surface area contributed by atoms with E-state index in [1.165, 1.54) is 26.4 Å². The van der Waals surface area contributed by atoms with Crippen molar-refractivity contribution in [1.29, 1.82) is 0 Å². The van der Waals surface area contributed by atoms with Crippen LogP contribution < -0.4 is 14.8 Å². The molecular formula is C21H21ClF2N2O4. The lowest BCUT2D eigenvalue weighted by atomic mass is 10.1. The normalized spacial score (nSPS) is 13.7. The summed E-state index contributed by atoms with van der Waals surface area (Å²) in [5.41, 5.74) is 0.0809. The van der Waals surface area contributed by atoms with Gasteiger partial charge in [0.2, 0.25) is 0 Å². The summed E-state index contributed by atoms with van der Waals surface area (Å²) in [5, 5.41) is 2.31. The van der Waals surface area contributed by atoms with Crippen LogP contribution in [0.15, 0.2) is 24.3 Å². The van der Waals surface area contributed by atoms with Crippen molar-refractivity contribution in [1.82, 2.24) is 4.90 Å². The number of rotatable bonds is 5. The predicted octanol–water partition coefficient (Wildman–Crippen LogP) is 4.51. The highest BCUT2D eigenvalue weighted by molar-refractivity contribution is 6.34. The van der Waals surface area contributed by atoms with E-state index in [9.17, 15) is 18.4 Å². The lowest BCUT2D eigenvalue weighted by Crippen LogP contribution is -2.36. The Labute approximate surface area is 177 Å². The fourth-order valence-electron chi connectivity index (χ4n) is 3.31. The van der Waals surface area contributed by atoms with Gasteiger partial charge in [0.1, 0.15) is 0 Å². The fraction of sp³-hybridized carbons (Fsp3) is 0.333. The quantitative estimate of drug-likeness (QED) is 0.697. The van der Waals surface area contributed by atoms with E-state index in [4.69, 9.17) is 21.1 Å². The standard InChI is InChI=1S/C21H21ClF2N2O4/c1-29-18-9-13(21(28)26-6-4-3-5-7-26)17(11-19(18)30-2)25-20(27)12-8-15(23)16(24)10-14(12)22/h8-11H,3-7H2,1-2H3,(H,25,27). The van der Waals surface area contributed by atoms with Gasteiger partial charge in [-0.25, -0.2) is 8.78 Å². The van der Waals surface area contributed by atoms with Crippen molar-refractivity contribution in [3.8, 4) is 11.5 Å². The van der Waals surface area contributed by atoms with Crippen molar-refractivity contribution in [3.05, 3.63) is 52.0 Å². The maximum absolute atomic E-state index is 13.6. The highest BCUT2D eigenvalue weighted by Gasteiger charge is 2.25. The number of piperidine rings is 1. The lowest BCUT2D eigenvalue weighted by Gasteiger charge is -2.28. The summed E-state index contributed by atoms with van der Waals surface area (Å²) < 4.78 is 37.5. The van der Waals surface area contributed by atoms with E-state index >= 15 is 0 Å². The second-order valence-corrected chi connectivity index (χ2v) is 7.21. The third kappa shape index (κ3) is 4.48. The second-order valence-electron chi connectivity index (χ2n) is 6.81. The molecule has 9 heteroatoms.